The highest BCUT2D eigenvalue weighted by atomic mass is 32.1. The van der Waals surface area contributed by atoms with Crippen LogP contribution in [0.1, 0.15) is 18.5 Å². The van der Waals surface area contributed by atoms with Crippen LogP contribution in [0.2, 0.25) is 0 Å². The van der Waals surface area contributed by atoms with Crippen molar-refractivity contribution in [2.45, 2.75) is 13.0 Å². The normalized spacial score (nSPS) is 16.1. The summed E-state index contributed by atoms with van der Waals surface area (Å²) < 4.78 is 28.3. The molecule has 9 nitrogen and oxygen atoms in total. The van der Waals surface area contributed by atoms with Crippen molar-refractivity contribution in [3.63, 3.8) is 0 Å². The largest absolute Gasteiger partial charge is 0.257 e. The number of halogens is 1. The molecule has 11 heteroatoms. The van der Waals surface area contributed by atoms with Crippen LogP contribution >= 0.6 is 0 Å². The lowest BCUT2D eigenvalue weighted by atomic mass is 10.00. The van der Waals surface area contributed by atoms with E-state index in [1.54, 1.807) is 42.1 Å². The Bertz CT molecular complexity index is 1380. The first-order valence-corrected chi connectivity index (χ1v) is 9.64. The second kappa shape index (κ2) is 7.19. The molecule has 0 amide bonds. The number of nitrogens with zero attached hydrogens (tertiary/aromatic N) is 8. The molecule has 0 saturated heterocycles. The van der Waals surface area contributed by atoms with Crippen LogP contribution in [0.5, 0.6) is 0 Å². The molecule has 1 aromatic carbocycles. The first-order valence-electron chi connectivity index (χ1n) is 8.90. The lowest BCUT2D eigenvalue weighted by molar-refractivity contribution is 0.628. The number of hydrogen-bond donors (Lipinski definition) is 0. The molecule has 4 heterocycles. The van der Waals surface area contributed by atoms with Crippen molar-refractivity contribution in [1.82, 2.24) is 29.6 Å². The minimum Gasteiger partial charge on any atom is -0.257 e. The quantitative estimate of drug-likeness (QED) is 0.472. The smallest absolute Gasteiger partial charge is 0.177 e. The minimum atomic E-state index is -0.558. The summed E-state index contributed by atoms with van der Waals surface area (Å²) in [5.41, 5.74) is 2.56. The topological polar surface area (TPSA) is 103 Å². The summed E-state index contributed by atoms with van der Waals surface area (Å²) in [6, 6.07) is 8.98. The van der Waals surface area contributed by atoms with Crippen molar-refractivity contribution >= 4 is 33.8 Å². The lowest BCUT2D eigenvalue weighted by Gasteiger charge is -2.15. The number of amidine groups is 1. The Balaban J connectivity index is 1.70. The van der Waals surface area contributed by atoms with Gasteiger partial charge in [0.25, 0.3) is 0 Å². The number of aliphatic imine (C=N–C) groups is 2. The third-order valence-corrected chi connectivity index (χ3v) is 5.12. The van der Waals surface area contributed by atoms with Gasteiger partial charge in [-0.25, -0.2) is 18.3 Å². The molecular formula is C19H13FN8OS. The Morgan fingerprint density at radius 2 is 1.93 bits per heavy atom. The van der Waals surface area contributed by atoms with Gasteiger partial charge < -0.3 is 0 Å². The van der Waals surface area contributed by atoms with Crippen molar-refractivity contribution in [1.29, 1.82) is 0 Å². The predicted octanol–water partition coefficient (Wildman–Crippen LogP) is 2.05. The van der Waals surface area contributed by atoms with Crippen LogP contribution in [0.4, 0.5) is 4.39 Å². The van der Waals surface area contributed by atoms with E-state index in [1.165, 1.54) is 29.2 Å². The zero-order valence-corrected chi connectivity index (χ0v) is 16.4. The van der Waals surface area contributed by atoms with Gasteiger partial charge >= 0.3 is 0 Å². The maximum atomic E-state index is 13.5. The van der Waals surface area contributed by atoms with E-state index in [0.29, 0.717) is 50.2 Å². The van der Waals surface area contributed by atoms with Gasteiger partial charge in [-0.15, -0.1) is 15.3 Å². The maximum Gasteiger partial charge on any atom is 0.177 e. The standard InChI is InChI=1S/C19H13FN8OS/c1-11-21-8-15(30-29)19(23-11)14-9-27(17-7-6-16-24-22-10-28(16)25-17)26-18(14)12-2-4-13(20)5-3-12/h2-10,19H,1H3. The van der Waals surface area contributed by atoms with Crippen LogP contribution in [0.3, 0.4) is 0 Å². The Morgan fingerprint density at radius 1 is 1.10 bits per heavy atom. The summed E-state index contributed by atoms with van der Waals surface area (Å²) >= 11 is 0.342. The van der Waals surface area contributed by atoms with Gasteiger partial charge in [-0.05, 0) is 43.3 Å². The number of benzene rings is 1. The molecule has 1 unspecified atom stereocenters. The number of rotatable bonds is 3. The van der Waals surface area contributed by atoms with Gasteiger partial charge in [0.05, 0.1) is 21.8 Å². The molecule has 148 valence electrons. The van der Waals surface area contributed by atoms with Crippen LogP contribution in [-0.4, -0.2) is 50.7 Å². The van der Waals surface area contributed by atoms with E-state index in [0.717, 1.165) is 0 Å². The highest BCUT2D eigenvalue weighted by Crippen LogP contribution is 2.32. The molecule has 0 N–H and O–H groups in total. The van der Waals surface area contributed by atoms with E-state index in [-0.39, 0.29) is 5.82 Å². The first-order chi connectivity index (χ1) is 14.6. The summed E-state index contributed by atoms with van der Waals surface area (Å²) in [6.45, 7) is 1.76. The molecule has 0 saturated carbocycles. The van der Waals surface area contributed by atoms with Gasteiger partial charge in [-0.1, -0.05) is 0 Å². The van der Waals surface area contributed by atoms with Gasteiger partial charge in [0.15, 0.2) is 11.5 Å². The van der Waals surface area contributed by atoms with Crippen molar-refractivity contribution in [2.24, 2.45) is 9.98 Å². The monoisotopic (exact) mass is 420 g/mol. The second-order valence-electron chi connectivity index (χ2n) is 6.53. The Morgan fingerprint density at radius 3 is 2.73 bits per heavy atom. The zero-order chi connectivity index (χ0) is 20.7. The third kappa shape index (κ3) is 3.14. The Labute approximate surface area is 172 Å². The first kappa shape index (κ1) is 18.2. The fraction of sp³-hybridized carbons (Fsp3) is 0.105. The Hall–Kier alpha value is -3.86. The highest BCUT2D eigenvalue weighted by Gasteiger charge is 2.26. The number of hydrogen-bond acceptors (Lipinski definition) is 7. The summed E-state index contributed by atoms with van der Waals surface area (Å²) in [6.07, 6.45) is 4.79. The molecule has 5 rings (SSSR count). The van der Waals surface area contributed by atoms with Gasteiger partial charge in [0.2, 0.25) is 0 Å². The molecule has 0 bridgehead atoms. The van der Waals surface area contributed by atoms with Crippen LogP contribution in [0, 0.1) is 5.82 Å². The average molecular weight is 420 g/mol. The maximum absolute atomic E-state index is 13.5. The van der Waals surface area contributed by atoms with E-state index in [4.69, 9.17) is 0 Å². The molecule has 0 aliphatic carbocycles. The molecular weight excluding hydrogens is 407 g/mol. The van der Waals surface area contributed by atoms with E-state index in [1.807, 2.05) is 0 Å². The number of aromatic nitrogens is 6. The van der Waals surface area contributed by atoms with Gasteiger partial charge in [-0.3, -0.25) is 4.99 Å². The van der Waals surface area contributed by atoms with E-state index in [9.17, 15) is 8.60 Å². The van der Waals surface area contributed by atoms with E-state index < -0.39 is 6.04 Å². The molecule has 0 radical (unpaired) electrons. The molecule has 4 aromatic rings. The molecule has 1 aliphatic rings. The third-order valence-electron chi connectivity index (χ3n) is 4.60. The molecule has 30 heavy (non-hydrogen) atoms. The average Bonchev–Trinajstić information content (AvgIpc) is 3.41. The van der Waals surface area contributed by atoms with Crippen molar-refractivity contribution < 1.29 is 8.60 Å². The van der Waals surface area contributed by atoms with Gasteiger partial charge in [0, 0.05) is 23.5 Å². The summed E-state index contributed by atoms with van der Waals surface area (Å²) in [4.78, 5) is 9.12. The lowest BCUT2D eigenvalue weighted by Crippen LogP contribution is -2.18. The van der Waals surface area contributed by atoms with Crippen LogP contribution in [0.15, 0.2) is 58.9 Å². The summed E-state index contributed by atoms with van der Waals surface area (Å²) in [5, 5.41) is 16.9. The van der Waals surface area contributed by atoms with E-state index in [2.05, 4.69) is 30.4 Å². The Kier molecular flexibility index (Phi) is 4.36. The predicted molar refractivity (Wildman–Crippen MR) is 111 cm³/mol. The van der Waals surface area contributed by atoms with Crippen molar-refractivity contribution in [3.8, 4) is 17.1 Å². The zero-order valence-electron chi connectivity index (χ0n) is 15.5. The van der Waals surface area contributed by atoms with Crippen molar-refractivity contribution in [2.75, 3.05) is 0 Å². The highest BCUT2D eigenvalue weighted by molar-refractivity contribution is 7.68. The molecule has 0 spiro atoms. The van der Waals surface area contributed by atoms with Crippen LogP contribution in [0.25, 0.3) is 22.7 Å². The van der Waals surface area contributed by atoms with Gasteiger partial charge in [0.1, 0.15) is 24.0 Å². The van der Waals surface area contributed by atoms with Crippen LogP contribution < -0.4 is 0 Å². The SMILES string of the molecule is CC1=NC(c2cn(-c3ccc4nncn4n3)nc2-c2ccc(F)cc2)C(=S=O)C=N1. The van der Waals surface area contributed by atoms with Crippen LogP contribution in [-0.2, 0) is 11.3 Å². The van der Waals surface area contributed by atoms with Gasteiger partial charge in [-0.2, -0.15) is 9.61 Å². The number of fused-ring (bicyclic) bond motifs is 1. The fourth-order valence-electron chi connectivity index (χ4n) is 3.18. The second-order valence-corrected chi connectivity index (χ2v) is 7.17. The van der Waals surface area contributed by atoms with Crippen molar-refractivity contribution in [3.05, 3.63) is 60.3 Å². The fourth-order valence-corrected chi connectivity index (χ4v) is 3.55. The summed E-state index contributed by atoms with van der Waals surface area (Å²) in [7, 11) is 0. The molecule has 1 atom stereocenters. The minimum absolute atomic E-state index is 0.342. The molecule has 0 fully saturated rings. The molecule has 3 aromatic heterocycles. The summed E-state index contributed by atoms with van der Waals surface area (Å²) in [5.74, 6) is 0.735. The van der Waals surface area contributed by atoms with E-state index >= 15 is 0 Å². The molecule has 1 aliphatic heterocycles.